The number of hydrogen-bond donors (Lipinski definition) is 0. The first-order valence-electron chi connectivity index (χ1n) is 4.12. The summed E-state index contributed by atoms with van der Waals surface area (Å²) in [6, 6.07) is 13.6. The van der Waals surface area contributed by atoms with E-state index in [4.69, 9.17) is 0 Å². The number of fused-ring (bicyclic) bond motifs is 1. The molecule has 1 nitrogen and oxygen atoms in total. The van der Waals surface area contributed by atoms with Gasteiger partial charge in [-0.25, -0.2) is 0 Å². The zero-order chi connectivity index (χ0) is 9.26. The zero-order valence-corrected chi connectivity index (χ0v) is 8.16. The molecule has 64 valence electrons. The first kappa shape index (κ1) is 10.9. The van der Waals surface area contributed by atoms with Crippen molar-refractivity contribution in [2.45, 2.75) is 0 Å². The molecule has 14 heavy (non-hydrogen) atoms. The predicted octanol–water partition coefficient (Wildman–Crippen LogP) is -0.825. The molecule has 0 aliphatic carbocycles. The maximum atomic E-state index is 11.0. The molecule has 0 radical (unpaired) electrons. The Labute approximate surface area is 95.2 Å². The Hall–Kier alpha value is -1.16. The Balaban J connectivity index is 0.000000980. The van der Waals surface area contributed by atoms with Crippen LogP contribution in [0.4, 0.5) is 0 Å². The van der Waals surface area contributed by atoms with Gasteiger partial charge in [-0.05, 0) is 22.4 Å². The number of rotatable bonds is 1. The van der Waals surface area contributed by atoms with Crippen molar-refractivity contribution in [1.29, 1.82) is 0 Å². The Morgan fingerprint density at radius 3 is 2.29 bits per heavy atom. The van der Waals surface area contributed by atoms with Crippen LogP contribution >= 0.6 is 0 Å². The fourth-order valence-electron chi connectivity index (χ4n) is 1.36. The predicted molar refractivity (Wildman–Crippen MR) is 53.0 cm³/mol. The van der Waals surface area contributed by atoms with Gasteiger partial charge in [-0.3, -0.25) is 0 Å². The van der Waals surface area contributed by atoms with E-state index in [0.29, 0.717) is 5.56 Å². The third-order valence-electron chi connectivity index (χ3n) is 2.07. The minimum absolute atomic E-state index is 0. The van der Waals surface area contributed by atoms with Gasteiger partial charge in [-0.1, -0.05) is 36.4 Å². The molecule has 2 rings (SSSR count). The van der Waals surface area contributed by atoms with E-state index in [2.05, 4.69) is 6.58 Å². The van der Waals surface area contributed by atoms with Gasteiger partial charge in [-0.2, -0.15) is 0 Å². The Kier molecular flexibility index (Phi) is 3.41. The first-order valence-corrected chi connectivity index (χ1v) is 4.12. The van der Waals surface area contributed by atoms with Crippen molar-refractivity contribution in [2.24, 2.45) is 0 Å². The standard InChI is InChI=1S/C12H10O.Li/c1-9(13)11-7-6-10-4-2-3-5-12(10)8-11;/h2-8,13H,1H2;/q;+1/p-1. The maximum Gasteiger partial charge on any atom is 1.00 e. The largest absolute Gasteiger partial charge is 1.00 e. The van der Waals surface area contributed by atoms with Gasteiger partial charge in [0.1, 0.15) is 0 Å². The van der Waals surface area contributed by atoms with Crippen LogP contribution in [0.15, 0.2) is 49.0 Å². The monoisotopic (exact) mass is 176 g/mol. The molecule has 0 saturated heterocycles. The van der Waals surface area contributed by atoms with Crippen LogP contribution in [0.1, 0.15) is 5.56 Å². The van der Waals surface area contributed by atoms with Crippen LogP contribution in [0, 0.1) is 0 Å². The van der Waals surface area contributed by atoms with E-state index in [1.165, 1.54) is 0 Å². The normalized spacial score (nSPS) is 9.43. The topological polar surface area (TPSA) is 23.1 Å². The van der Waals surface area contributed by atoms with Crippen LogP contribution in [0.3, 0.4) is 0 Å². The summed E-state index contributed by atoms with van der Waals surface area (Å²) in [5.41, 5.74) is 0.665. The summed E-state index contributed by atoms with van der Waals surface area (Å²) >= 11 is 0. The Bertz CT molecular complexity index is 463. The average molecular weight is 176 g/mol. The van der Waals surface area contributed by atoms with E-state index in [1.54, 1.807) is 6.07 Å². The third kappa shape index (κ3) is 2.01. The molecule has 0 atom stereocenters. The van der Waals surface area contributed by atoms with Gasteiger partial charge in [0.05, 0.1) is 0 Å². The molecule has 0 aromatic heterocycles. The van der Waals surface area contributed by atoms with Crippen LogP contribution in [-0.2, 0) is 0 Å². The molecule has 0 aliphatic heterocycles. The van der Waals surface area contributed by atoms with Gasteiger partial charge >= 0.3 is 18.9 Å². The molecule has 2 aromatic rings. The second kappa shape index (κ2) is 4.37. The molecule has 2 aromatic carbocycles. The summed E-state index contributed by atoms with van der Waals surface area (Å²) < 4.78 is 0. The van der Waals surface area contributed by atoms with Crippen LogP contribution in [0.2, 0.25) is 0 Å². The fraction of sp³-hybridized carbons (Fsp3) is 0. The van der Waals surface area contributed by atoms with Crippen molar-refractivity contribution < 1.29 is 24.0 Å². The molecule has 2 heteroatoms. The average Bonchev–Trinajstić information content (AvgIpc) is 2.17. The second-order valence-electron chi connectivity index (χ2n) is 2.99. The molecule has 0 spiro atoms. The van der Waals surface area contributed by atoms with Gasteiger partial charge in [-0.15, -0.1) is 12.3 Å². The summed E-state index contributed by atoms with van der Waals surface area (Å²) in [7, 11) is 0. The quantitative estimate of drug-likeness (QED) is 0.411. The van der Waals surface area contributed by atoms with E-state index in [-0.39, 0.29) is 24.6 Å². The first-order chi connectivity index (χ1) is 6.27. The van der Waals surface area contributed by atoms with Crippen LogP contribution < -0.4 is 24.0 Å². The van der Waals surface area contributed by atoms with E-state index in [0.717, 1.165) is 10.8 Å². The fourth-order valence-corrected chi connectivity index (χ4v) is 1.36. The molecule has 0 N–H and O–H groups in total. The summed E-state index contributed by atoms with van der Waals surface area (Å²) in [6.07, 6.45) is 0. The minimum Gasteiger partial charge on any atom is -0.872 e. The van der Waals surface area contributed by atoms with Gasteiger partial charge in [0, 0.05) is 0 Å². The summed E-state index contributed by atoms with van der Waals surface area (Å²) in [5.74, 6) is -0.134. The maximum absolute atomic E-state index is 11.0. The van der Waals surface area contributed by atoms with E-state index < -0.39 is 0 Å². The van der Waals surface area contributed by atoms with Crippen LogP contribution in [-0.4, -0.2) is 0 Å². The minimum atomic E-state index is -0.134. The SMILES string of the molecule is C=C([O-])c1ccc2ccccc2c1.[Li+]. The molecular weight excluding hydrogens is 167 g/mol. The van der Waals surface area contributed by atoms with Crippen LogP contribution in [0.25, 0.3) is 16.5 Å². The van der Waals surface area contributed by atoms with Gasteiger partial charge in [0.15, 0.2) is 0 Å². The summed E-state index contributed by atoms with van der Waals surface area (Å²) in [5, 5.41) is 13.2. The van der Waals surface area contributed by atoms with Crippen molar-refractivity contribution in [3.63, 3.8) is 0 Å². The van der Waals surface area contributed by atoms with E-state index >= 15 is 0 Å². The third-order valence-corrected chi connectivity index (χ3v) is 2.07. The van der Waals surface area contributed by atoms with Crippen LogP contribution in [0.5, 0.6) is 0 Å². The summed E-state index contributed by atoms with van der Waals surface area (Å²) in [4.78, 5) is 0. The van der Waals surface area contributed by atoms with E-state index in [9.17, 15) is 5.11 Å². The van der Waals surface area contributed by atoms with Crippen molar-refractivity contribution in [1.82, 2.24) is 0 Å². The molecule has 0 bridgehead atoms. The van der Waals surface area contributed by atoms with Crippen molar-refractivity contribution in [3.05, 3.63) is 54.6 Å². The Morgan fingerprint density at radius 1 is 1.00 bits per heavy atom. The molecule has 0 unspecified atom stereocenters. The zero-order valence-electron chi connectivity index (χ0n) is 8.16. The molecule has 0 amide bonds. The number of hydrogen-bond acceptors (Lipinski definition) is 1. The number of benzene rings is 2. The molecular formula is C12H9LiO. The molecule has 0 heterocycles. The molecule has 0 saturated carbocycles. The van der Waals surface area contributed by atoms with Gasteiger partial charge in [0.2, 0.25) is 0 Å². The van der Waals surface area contributed by atoms with Gasteiger partial charge in [0.25, 0.3) is 0 Å². The van der Waals surface area contributed by atoms with E-state index in [1.807, 2.05) is 36.4 Å². The molecule has 0 fully saturated rings. The van der Waals surface area contributed by atoms with Gasteiger partial charge < -0.3 is 5.11 Å². The summed E-state index contributed by atoms with van der Waals surface area (Å²) in [6.45, 7) is 3.38. The van der Waals surface area contributed by atoms with Crippen molar-refractivity contribution in [2.75, 3.05) is 0 Å². The van der Waals surface area contributed by atoms with Crippen molar-refractivity contribution >= 4 is 16.5 Å². The second-order valence-corrected chi connectivity index (χ2v) is 2.99. The Morgan fingerprint density at radius 2 is 1.64 bits per heavy atom. The smallest absolute Gasteiger partial charge is 0.872 e. The van der Waals surface area contributed by atoms with Crippen molar-refractivity contribution in [3.8, 4) is 0 Å². The molecule has 0 aliphatic rings.